The maximum Gasteiger partial charge on any atom is 0.228 e. The van der Waals surface area contributed by atoms with Gasteiger partial charge in [-0.05, 0) is 32.4 Å². The molecule has 31 heavy (non-hydrogen) atoms. The molecule has 3 heterocycles. The third-order valence-electron chi connectivity index (χ3n) is 5.60. The van der Waals surface area contributed by atoms with Crippen LogP contribution in [0.1, 0.15) is 22.6 Å². The Kier molecular flexibility index (Phi) is 7.51. The van der Waals surface area contributed by atoms with Gasteiger partial charge in [0.05, 0.1) is 17.8 Å². The van der Waals surface area contributed by atoms with E-state index in [1.807, 2.05) is 34.0 Å². The average Bonchev–Trinajstić information content (AvgIpc) is 3.34. The number of thiazole rings is 1. The lowest BCUT2D eigenvalue weighted by Gasteiger charge is -2.36. The fraction of sp³-hybridized carbons (Fsp3) is 0.348. The van der Waals surface area contributed by atoms with Gasteiger partial charge in [0.25, 0.3) is 0 Å². The van der Waals surface area contributed by atoms with Crippen LogP contribution in [-0.2, 0) is 17.6 Å². The molecule has 4 rings (SSSR count). The molecule has 1 fully saturated rings. The van der Waals surface area contributed by atoms with Gasteiger partial charge in [-0.1, -0.05) is 24.3 Å². The van der Waals surface area contributed by atoms with Gasteiger partial charge >= 0.3 is 0 Å². The zero-order chi connectivity index (χ0) is 21.1. The van der Waals surface area contributed by atoms with Crippen LogP contribution < -0.4 is 4.90 Å². The second-order valence-corrected chi connectivity index (χ2v) is 8.39. The third kappa shape index (κ3) is 4.99. The Morgan fingerprint density at radius 3 is 2.55 bits per heavy atom. The molecule has 0 saturated carbocycles. The molecule has 0 aliphatic carbocycles. The van der Waals surface area contributed by atoms with Crippen LogP contribution in [0.4, 0.5) is 5.69 Å². The Morgan fingerprint density at radius 1 is 1.16 bits per heavy atom. The van der Waals surface area contributed by atoms with Crippen LogP contribution in [0.3, 0.4) is 0 Å². The molecule has 0 N–H and O–H groups in total. The van der Waals surface area contributed by atoms with Crippen molar-refractivity contribution >= 4 is 35.3 Å². The molecular weight excluding hydrogens is 430 g/mol. The molecule has 2 aromatic heterocycles. The van der Waals surface area contributed by atoms with Crippen molar-refractivity contribution in [3.05, 3.63) is 71.0 Å². The van der Waals surface area contributed by atoms with Crippen LogP contribution in [0, 0.1) is 13.8 Å². The SMILES string of the molecule is C=CCc1c(C)nn(-c2nc(CC(=O)N3CCN(c4ccccc4)CC3)cs2)c1C.Cl. The number of rotatable bonds is 6. The first kappa shape index (κ1) is 23.0. The average molecular weight is 458 g/mol. The van der Waals surface area contributed by atoms with Crippen LogP contribution in [0.2, 0.25) is 0 Å². The van der Waals surface area contributed by atoms with Gasteiger partial charge in [0.2, 0.25) is 11.0 Å². The molecule has 0 spiro atoms. The van der Waals surface area contributed by atoms with Gasteiger partial charge in [0.15, 0.2) is 0 Å². The summed E-state index contributed by atoms with van der Waals surface area (Å²) in [6.07, 6.45) is 3.02. The van der Waals surface area contributed by atoms with Gasteiger partial charge in [0, 0.05) is 48.5 Å². The van der Waals surface area contributed by atoms with Crippen molar-refractivity contribution in [3.8, 4) is 5.13 Å². The summed E-state index contributed by atoms with van der Waals surface area (Å²) in [6.45, 7) is 11.1. The third-order valence-corrected chi connectivity index (χ3v) is 6.46. The Balaban J connectivity index is 0.00000272. The zero-order valence-corrected chi connectivity index (χ0v) is 19.6. The highest BCUT2D eigenvalue weighted by molar-refractivity contribution is 7.12. The molecule has 3 aromatic rings. The van der Waals surface area contributed by atoms with Crippen molar-refractivity contribution in [1.82, 2.24) is 19.7 Å². The zero-order valence-electron chi connectivity index (χ0n) is 18.0. The van der Waals surface area contributed by atoms with E-state index in [2.05, 4.69) is 52.8 Å². The number of nitrogens with zero attached hydrogens (tertiary/aromatic N) is 5. The Labute approximate surface area is 193 Å². The molecule has 0 unspecified atom stereocenters. The van der Waals surface area contributed by atoms with Gasteiger partial charge in [0.1, 0.15) is 0 Å². The lowest BCUT2D eigenvalue weighted by molar-refractivity contribution is -0.130. The van der Waals surface area contributed by atoms with Crippen LogP contribution >= 0.6 is 23.7 Å². The quantitative estimate of drug-likeness (QED) is 0.525. The van der Waals surface area contributed by atoms with Crippen molar-refractivity contribution in [2.24, 2.45) is 0 Å². The number of anilines is 1. The molecule has 1 amide bonds. The summed E-state index contributed by atoms with van der Waals surface area (Å²) >= 11 is 1.53. The van der Waals surface area contributed by atoms with Gasteiger partial charge in [-0.15, -0.1) is 30.3 Å². The van der Waals surface area contributed by atoms with E-state index < -0.39 is 0 Å². The standard InChI is InChI=1S/C23H27N5OS.ClH/c1-4-8-21-17(2)25-28(18(21)3)23-24-19(16-30-23)15-22(29)27-13-11-26(12-14-27)20-9-6-5-7-10-20;/h4-7,9-10,16H,1,8,11-15H2,2-3H3;1H. The second-order valence-electron chi connectivity index (χ2n) is 7.56. The van der Waals surface area contributed by atoms with E-state index in [0.29, 0.717) is 6.42 Å². The monoisotopic (exact) mass is 457 g/mol. The molecule has 1 saturated heterocycles. The first-order chi connectivity index (χ1) is 14.6. The minimum Gasteiger partial charge on any atom is -0.368 e. The molecular formula is C23H28ClN5OS. The molecule has 1 aliphatic heterocycles. The van der Waals surface area contributed by atoms with E-state index >= 15 is 0 Å². The fourth-order valence-corrected chi connectivity index (χ4v) is 4.72. The number of hydrogen-bond acceptors (Lipinski definition) is 5. The minimum absolute atomic E-state index is 0. The van der Waals surface area contributed by atoms with Gasteiger partial charge < -0.3 is 9.80 Å². The number of carbonyl (C=O) groups excluding carboxylic acids is 1. The molecule has 164 valence electrons. The lowest BCUT2D eigenvalue weighted by Crippen LogP contribution is -2.49. The summed E-state index contributed by atoms with van der Waals surface area (Å²) in [7, 11) is 0. The highest BCUT2D eigenvalue weighted by atomic mass is 35.5. The van der Waals surface area contributed by atoms with Gasteiger partial charge in [-0.25, -0.2) is 9.67 Å². The van der Waals surface area contributed by atoms with E-state index in [9.17, 15) is 4.79 Å². The van der Waals surface area contributed by atoms with Gasteiger partial charge in [-0.3, -0.25) is 4.79 Å². The summed E-state index contributed by atoms with van der Waals surface area (Å²) in [6, 6.07) is 10.4. The van der Waals surface area contributed by atoms with E-state index in [1.165, 1.54) is 22.6 Å². The van der Waals surface area contributed by atoms with Crippen LogP contribution in [0.5, 0.6) is 0 Å². The van der Waals surface area contributed by atoms with Crippen molar-refractivity contribution in [2.75, 3.05) is 31.1 Å². The Morgan fingerprint density at radius 2 is 1.87 bits per heavy atom. The van der Waals surface area contributed by atoms with Gasteiger partial charge in [-0.2, -0.15) is 5.10 Å². The van der Waals surface area contributed by atoms with Crippen molar-refractivity contribution in [3.63, 3.8) is 0 Å². The molecule has 0 radical (unpaired) electrons. The predicted octanol–water partition coefficient (Wildman–Crippen LogP) is 3.99. The molecule has 6 nitrogen and oxygen atoms in total. The second kappa shape index (κ2) is 10.1. The number of aryl methyl sites for hydroxylation is 1. The maximum absolute atomic E-state index is 12.8. The van der Waals surface area contributed by atoms with Crippen molar-refractivity contribution < 1.29 is 4.79 Å². The smallest absolute Gasteiger partial charge is 0.228 e. The normalized spacial score (nSPS) is 13.7. The largest absolute Gasteiger partial charge is 0.368 e. The summed E-state index contributed by atoms with van der Waals surface area (Å²) in [5.74, 6) is 0.139. The lowest BCUT2D eigenvalue weighted by atomic mass is 10.1. The van der Waals surface area contributed by atoms with E-state index in [4.69, 9.17) is 0 Å². The number of hydrogen-bond donors (Lipinski definition) is 0. The Bertz CT molecular complexity index is 1040. The predicted molar refractivity (Wildman–Crippen MR) is 129 cm³/mol. The number of allylic oxidation sites excluding steroid dienone is 1. The fourth-order valence-electron chi connectivity index (χ4n) is 3.90. The number of halogens is 1. The van der Waals surface area contributed by atoms with Crippen molar-refractivity contribution in [2.45, 2.75) is 26.7 Å². The summed E-state index contributed by atoms with van der Waals surface area (Å²) in [5, 5.41) is 7.41. The van der Waals surface area contributed by atoms with Crippen molar-refractivity contribution in [1.29, 1.82) is 0 Å². The molecule has 0 bridgehead atoms. The highest BCUT2D eigenvalue weighted by Gasteiger charge is 2.22. The number of carbonyl (C=O) groups is 1. The summed E-state index contributed by atoms with van der Waals surface area (Å²) in [4.78, 5) is 21.8. The number of aromatic nitrogens is 3. The topological polar surface area (TPSA) is 54.3 Å². The number of piperazine rings is 1. The van der Waals surface area contributed by atoms with Crippen LogP contribution in [0.15, 0.2) is 48.4 Å². The first-order valence-electron chi connectivity index (χ1n) is 10.3. The minimum atomic E-state index is 0. The molecule has 1 aliphatic rings. The summed E-state index contributed by atoms with van der Waals surface area (Å²) < 4.78 is 1.88. The Hall–Kier alpha value is -2.64. The summed E-state index contributed by atoms with van der Waals surface area (Å²) in [5.41, 5.74) is 5.29. The van der Waals surface area contributed by atoms with E-state index in [0.717, 1.165) is 54.8 Å². The number of benzene rings is 1. The molecule has 8 heteroatoms. The van der Waals surface area contributed by atoms with Crippen LogP contribution in [-0.4, -0.2) is 51.8 Å². The molecule has 1 aromatic carbocycles. The molecule has 0 atom stereocenters. The number of para-hydroxylation sites is 1. The first-order valence-corrected chi connectivity index (χ1v) is 11.1. The van der Waals surface area contributed by atoms with Crippen LogP contribution in [0.25, 0.3) is 5.13 Å². The highest BCUT2D eigenvalue weighted by Crippen LogP contribution is 2.22. The number of amides is 1. The maximum atomic E-state index is 12.8. The van der Waals surface area contributed by atoms with E-state index in [-0.39, 0.29) is 18.3 Å². The van der Waals surface area contributed by atoms with E-state index in [1.54, 1.807) is 0 Å².